The summed E-state index contributed by atoms with van der Waals surface area (Å²) < 4.78 is 5.99. The van der Waals surface area contributed by atoms with Crippen LogP contribution in [-0.2, 0) is 14.3 Å². The van der Waals surface area contributed by atoms with Crippen molar-refractivity contribution in [3.05, 3.63) is 0 Å². The van der Waals surface area contributed by atoms with Gasteiger partial charge >= 0.3 is 0 Å². The third kappa shape index (κ3) is 9.18. The van der Waals surface area contributed by atoms with Crippen LogP contribution in [0.25, 0.3) is 0 Å². The maximum absolute atomic E-state index is 12.6. The number of carbonyl (C=O) groups is 2. The first kappa shape index (κ1) is 23.8. The molecule has 0 saturated carbocycles. The summed E-state index contributed by atoms with van der Waals surface area (Å²) in [5.41, 5.74) is 0. The fourth-order valence-corrected chi connectivity index (χ4v) is 2.50. The standard InChI is InChI=1S/C18H36N2O5/c1-13(2)11-15(17(23)19(5)7-9-21)25-16(12-14(3)4)18(24)20(6)8-10-22/h13-16,21-22H,7-12H2,1-6H3/t15-,16-/m0/s1. The van der Waals surface area contributed by atoms with E-state index in [-0.39, 0.29) is 50.0 Å². The van der Waals surface area contributed by atoms with Crippen LogP contribution in [0.15, 0.2) is 0 Å². The highest BCUT2D eigenvalue weighted by atomic mass is 16.5. The van der Waals surface area contributed by atoms with Crippen molar-refractivity contribution in [2.45, 2.75) is 52.7 Å². The number of aliphatic hydroxyl groups is 2. The molecule has 0 bridgehead atoms. The third-order valence-corrected chi connectivity index (χ3v) is 3.87. The van der Waals surface area contributed by atoms with E-state index >= 15 is 0 Å². The molecule has 0 aliphatic heterocycles. The largest absolute Gasteiger partial charge is 0.395 e. The molecule has 7 heteroatoms. The predicted octanol–water partition coefficient (Wildman–Crippen LogP) is 0.734. The Kier molecular flexibility index (Phi) is 11.6. The van der Waals surface area contributed by atoms with Gasteiger partial charge in [0, 0.05) is 27.2 Å². The van der Waals surface area contributed by atoms with E-state index in [0.29, 0.717) is 12.8 Å². The monoisotopic (exact) mass is 360 g/mol. The van der Waals surface area contributed by atoms with Gasteiger partial charge in [-0.15, -0.1) is 0 Å². The van der Waals surface area contributed by atoms with Crippen molar-refractivity contribution < 1.29 is 24.5 Å². The van der Waals surface area contributed by atoms with Gasteiger partial charge in [-0.1, -0.05) is 27.7 Å². The second kappa shape index (κ2) is 12.2. The Labute approximate surface area is 151 Å². The molecule has 148 valence electrons. The van der Waals surface area contributed by atoms with Crippen LogP contribution in [0.3, 0.4) is 0 Å². The van der Waals surface area contributed by atoms with Crippen molar-refractivity contribution in [3.63, 3.8) is 0 Å². The van der Waals surface area contributed by atoms with Gasteiger partial charge in [0.2, 0.25) is 0 Å². The molecule has 2 atom stereocenters. The number of ether oxygens (including phenoxy) is 1. The van der Waals surface area contributed by atoms with Gasteiger partial charge < -0.3 is 24.7 Å². The maximum Gasteiger partial charge on any atom is 0.251 e. The van der Waals surface area contributed by atoms with Crippen LogP contribution in [0.5, 0.6) is 0 Å². The number of hydrogen-bond donors (Lipinski definition) is 2. The van der Waals surface area contributed by atoms with E-state index in [1.54, 1.807) is 14.1 Å². The molecule has 0 unspecified atom stereocenters. The minimum absolute atomic E-state index is 0.121. The van der Waals surface area contributed by atoms with Gasteiger partial charge in [0.15, 0.2) is 0 Å². The summed E-state index contributed by atoms with van der Waals surface area (Å²) in [6.07, 6.45) is -0.459. The molecule has 0 fully saturated rings. The summed E-state index contributed by atoms with van der Waals surface area (Å²) in [5, 5.41) is 18.1. The van der Waals surface area contributed by atoms with E-state index in [1.807, 2.05) is 27.7 Å². The van der Waals surface area contributed by atoms with Crippen molar-refractivity contribution in [2.75, 3.05) is 40.4 Å². The van der Waals surface area contributed by atoms with Crippen molar-refractivity contribution in [1.29, 1.82) is 0 Å². The Morgan fingerprint density at radius 2 is 1.12 bits per heavy atom. The fourth-order valence-electron chi connectivity index (χ4n) is 2.50. The van der Waals surface area contributed by atoms with Crippen molar-refractivity contribution in [2.24, 2.45) is 11.8 Å². The number of carbonyl (C=O) groups excluding carboxylic acids is 2. The molecule has 7 nitrogen and oxygen atoms in total. The topological polar surface area (TPSA) is 90.3 Å². The summed E-state index contributed by atoms with van der Waals surface area (Å²) in [6.45, 7) is 8.18. The molecule has 0 aromatic carbocycles. The number of nitrogens with zero attached hydrogens (tertiary/aromatic N) is 2. The minimum atomic E-state index is -0.730. The molecular formula is C18H36N2O5. The highest BCUT2D eigenvalue weighted by Gasteiger charge is 2.32. The molecule has 0 saturated heterocycles. The van der Waals surface area contributed by atoms with Crippen LogP contribution in [-0.4, -0.2) is 84.4 Å². The highest BCUT2D eigenvalue weighted by Crippen LogP contribution is 2.18. The zero-order valence-corrected chi connectivity index (χ0v) is 16.6. The number of hydrogen-bond acceptors (Lipinski definition) is 5. The van der Waals surface area contributed by atoms with Gasteiger partial charge in [-0.2, -0.15) is 0 Å². The SMILES string of the molecule is CC(C)C[C@H](O[C@@H](CC(C)C)C(=O)N(C)CCO)C(=O)N(C)CCO. The van der Waals surface area contributed by atoms with Crippen LogP contribution in [0.4, 0.5) is 0 Å². The number of likely N-dealkylation sites (N-methyl/N-ethyl adjacent to an activating group) is 2. The Morgan fingerprint density at radius 3 is 1.36 bits per heavy atom. The molecule has 0 aromatic rings. The lowest BCUT2D eigenvalue weighted by molar-refractivity contribution is -0.159. The molecule has 0 aromatic heterocycles. The van der Waals surface area contributed by atoms with Crippen LogP contribution < -0.4 is 0 Å². The summed E-state index contributed by atoms with van der Waals surface area (Å²) >= 11 is 0. The second-order valence-corrected chi connectivity index (χ2v) is 7.34. The normalized spacial score (nSPS) is 13.8. The van der Waals surface area contributed by atoms with Gasteiger partial charge in [-0.25, -0.2) is 0 Å². The van der Waals surface area contributed by atoms with Crippen molar-refractivity contribution in [3.8, 4) is 0 Å². The van der Waals surface area contributed by atoms with E-state index < -0.39 is 12.2 Å². The number of rotatable bonds is 12. The lowest BCUT2D eigenvalue weighted by atomic mass is 10.0. The number of amides is 2. The zero-order chi connectivity index (χ0) is 19.6. The van der Waals surface area contributed by atoms with Gasteiger partial charge in [0.25, 0.3) is 11.8 Å². The summed E-state index contributed by atoms with van der Waals surface area (Å²) in [5.74, 6) is -0.00821. The van der Waals surface area contributed by atoms with Crippen LogP contribution in [0.2, 0.25) is 0 Å². The molecule has 0 heterocycles. The minimum Gasteiger partial charge on any atom is -0.395 e. The van der Waals surface area contributed by atoms with E-state index in [4.69, 9.17) is 14.9 Å². The summed E-state index contributed by atoms with van der Waals surface area (Å²) in [4.78, 5) is 28.1. The molecule has 0 rings (SSSR count). The summed E-state index contributed by atoms with van der Waals surface area (Å²) in [6, 6.07) is 0. The molecule has 0 spiro atoms. The van der Waals surface area contributed by atoms with Gasteiger partial charge in [-0.05, 0) is 24.7 Å². The van der Waals surface area contributed by atoms with E-state index in [0.717, 1.165) is 0 Å². The zero-order valence-electron chi connectivity index (χ0n) is 16.6. The summed E-state index contributed by atoms with van der Waals surface area (Å²) in [7, 11) is 3.23. The molecular weight excluding hydrogens is 324 g/mol. The molecule has 25 heavy (non-hydrogen) atoms. The van der Waals surface area contributed by atoms with E-state index in [2.05, 4.69) is 0 Å². The second-order valence-electron chi connectivity index (χ2n) is 7.34. The predicted molar refractivity (Wildman–Crippen MR) is 97.0 cm³/mol. The molecule has 0 aliphatic carbocycles. The smallest absolute Gasteiger partial charge is 0.251 e. The molecule has 2 amide bonds. The van der Waals surface area contributed by atoms with Gasteiger partial charge in [0.05, 0.1) is 13.2 Å². The quantitative estimate of drug-likeness (QED) is 0.536. The first-order chi connectivity index (χ1) is 11.6. The Balaban J connectivity index is 5.29. The first-order valence-corrected chi connectivity index (χ1v) is 9.01. The fraction of sp³-hybridized carbons (Fsp3) is 0.889. The lowest BCUT2D eigenvalue weighted by Gasteiger charge is -2.30. The Morgan fingerprint density at radius 1 is 0.800 bits per heavy atom. The first-order valence-electron chi connectivity index (χ1n) is 9.01. The Bertz CT molecular complexity index is 365. The van der Waals surface area contributed by atoms with Crippen LogP contribution in [0.1, 0.15) is 40.5 Å². The van der Waals surface area contributed by atoms with Crippen molar-refractivity contribution in [1.82, 2.24) is 9.80 Å². The lowest BCUT2D eigenvalue weighted by Crippen LogP contribution is -2.46. The third-order valence-electron chi connectivity index (χ3n) is 3.87. The molecule has 2 N–H and O–H groups in total. The highest BCUT2D eigenvalue weighted by molar-refractivity contribution is 5.83. The van der Waals surface area contributed by atoms with Gasteiger partial charge in [-0.3, -0.25) is 9.59 Å². The van der Waals surface area contributed by atoms with E-state index in [9.17, 15) is 9.59 Å². The average Bonchev–Trinajstić information content (AvgIpc) is 2.51. The molecule has 0 radical (unpaired) electrons. The average molecular weight is 360 g/mol. The van der Waals surface area contributed by atoms with Crippen LogP contribution in [0, 0.1) is 11.8 Å². The van der Waals surface area contributed by atoms with Crippen molar-refractivity contribution >= 4 is 11.8 Å². The maximum atomic E-state index is 12.6. The van der Waals surface area contributed by atoms with Crippen LogP contribution >= 0.6 is 0 Å². The molecule has 0 aliphatic rings. The van der Waals surface area contributed by atoms with E-state index in [1.165, 1.54) is 9.80 Å². The number of aliphatic hydroxyl groups excluding tert-OH is 2. The van der Waals surface area contributed by atoms with Gasteiger partial charge in [0.1, 0.15) is 12.2 Å². The Hall–Kier alpha value is -1.18.